The van der Waals surface area contributed by atoms with Crippen molar-refractivity contribution in [3.8, 4) is 0 Å². The molecule has 17 heavy (non-hydrogen) atoms. The summed E-state index contributed by atoms with van der Waals surface area (Å²) in [6.45, 7) is 1.91. The molecule has 0 bridgehead atoms. The predicted octanol–water partition coefficient (Wildman–Crippen LogP) is 3.00. The summed E-state index contributed by atoms with van der Waals surface area (Å²) in [5.74, 6) is 0. The molecular formula is C11H10FNO2S2. The van der Waals surface area contributed by atoms with E-state index in [1.807, 2.05) is 6.92 Å². The van der Waals surface area contributed by atoms with Crippen molar-refractivity contribution in [1.29, 1.82) is 0 Å². The first-order valence-electron chi connectivity index (χ1n) is 4.82. The van der Waals surface area contributed by atoms with Crippen molar-refractivity contribution in [3.63, 3.8) is 0 Å². The number of rotatable bonds is 3. The largest absolute Gasteiger partial charge is 0.279 e. The van der Waals surface area contributed by atoms with Crippen molar-refractivity contribution in [3.05, 3.63) is 47.1 Å². The van der Waals surface area contributed by atoms with Gasteiger partial charge in [-0.3, -0.25) is 4.72 Å². The fourth-order valence-electron chi connectivity index (χ4n) is 1.27. The van der Waals surface area contributed by atoms with Crippen molar-refractivity contribution in [1.82, 2.24) is 0 Å². The van der Waals surface area contributed by atoms with Gasteiger partial charge in [-0.2, -0.15) is 4.39 Å². The van der Waals surface area contributed by atoms with Gasteiger partial charge in [0.05, 0.1) is 0 Å². The first kappa shape index (κ1) is 12.1. The van der Waals surface area contributed by atoms with E-state index in [1.54, 1.807) is 24.3 Å². The standard InChI is InChI=1S/C11H10FNO2S2/c1-8-2-4-9(5-3-8)13-17(14,15)11-7-6-10(12)16-11/h2-7,13H,1H3. The first-order valence-corrected chi connectivity index (χ1v) is 7.12. The van der Waals surface area contributed by atoms with Gasteiger partial charge >= 0.3 is 0 Å². The van der Waals surface area contributed by atoms with Crippen LogP contribution in [0.3, 0.4) is 0 Å². The van der Waals surface area contributed by atoms with Gasteiger partial charge in [-0.1, -0.05) is 29.0 Å². The summed E-state index contributed by atoms with van der Waals surface area (Å²) >= 11 is 0.600. The Kier molecular flexibility index (Phi) is 3.17. The summed E-state index contributed by atoms with van der Waals surface area (Å²) in [4.78, 5) is 0. The maximum Gasteiger partial charge on any atom is 0.271 e. The summed E-state index contributed by atoms with van der Waals surface area (Å²) in [7, 11) is -3.68. The molecule has 3 nitrogen and oxygen atoms in total. The molecule has 0 spiro atoms. The second-order valence-corrected chi connectivity index (χ2v) is 6.47. The lowest BCUT2D eigenvalue weighted by Crippen LogP contribution is -2.11. The van der Waals surface area contributed by atoms with Gasteiger partial charge in [-0.05, 0) is 31.2 Å². The maximum absolute atomic E-state index is 12.8. The summed E-state index contributed by atoms with van der Waals surface area (Å²) < 4.78 is 38.8. The van der Waals surface area contributed by atoms with Crippen LogP contribution in [0.5, 0.6) is 0 Å². The molecule has 90 valence electrons. The highest BCUT2D eigenvalue weighted by Gasteiger charge is 2.16. The molecule has 0 aliphatic carbocycles. The molecule has 0 aliphatic rings. The highest BCUT2D eigenvalue weighted by molar-refractivity contribution is 7.94. The summed E-state index contributed by atoms with van der Waals surface area (Å²) in [6, 6.07) is 9.30. The smallest absolute Gasteiger partial charge is 0.271 e. The van der Waals surface area contributed by atoms with Gasteiger partial charge in [-0.15, -0.1) is 0 Å². The number of aryl methyl sites for hydroxylation is 1. The van der Waals surface area contributed by atoms with Crippen LogP contribution in [0.1, 0.15) is 5.56 Å². The molecule has 1 N–H and O–H groups in total. The van der Waals surface area contributed by atoms with Crippen LogP contribution in [0.15, 0.2) is 40.6 Å². The van der Waals surface area contributed by atoms with E-state index in [0.717, 1.165) is 11.6 Å². The molecule has 0 atom stereocenters. The second-order valence-electron chi connectivity index (χ2n) is 3.53. The Morgan fingerprint density at radius 1 is 1.12 bits per heavy atom. The Bertz CT molecular complexity index is 617. The zero-order chi connectivity index (χ0) is 12.5. The molecule has 0 radical (unpaired) electrons. The minimum atomic E-state index is -3.68. The average Bonchev–Trinajstić information content (AvgIpc) is 2.69. The van der Waals surface area contributed by atoms with Crippen LogP contribution in [-0.4, -0.2) is 8.42 Å². The third kappa shape index (κ3) is 2.83. The summed E-state index contributed by atoms with van der Waals surface area (Å²) in [5.41, 5.74) is 1.50. The van der Waals surface area contributed by atoms with E-state index < -0.39 is 15.2 Å². The first-order chi connectivity index (χ1) is 7.97. The quantitative estimate of drug-likeness (QED) is 0.932. The molecule has 1 aromatic heterocycles. The zero-order valence-electron chi connectivity index (χ0n) is 8.98. The van der Waals surface area contributed by atoms with Gasteiger partial charge in [-0.25, -0.2) is 8.42 Å². The number of hydrogen-bond donors (Lipinski definition) is 1. The highest BCUT2D eigenvalue weighted by atomic mass is 32.2. The molecule has 1 aromatic carbocycles. The van der Waals surface area contributed by atoms with E-state index in [4.69, 9.17) is 0 Å². The number of nitrogens with one attached hydrogen (secondary N) is 1. The van der Waals surface area contributed by atoms with Crippen molar-refractivity contribution < 1.29 is 12.8 Å². The molecule has 0 fully saturated rings. The predicted molar refractivity (Wildman–Crippen MR) is 66.3 cm³/mol. The Morgan fingerprint density at radius 2 is 1.76 bits per heavy atom. The second kappa shape index (κ2) is 4.46. The van der Waals surface area contributed by atoms with E-state index in [1.165, 1.54) is 6.07 Å². The van der Waals surface area contributed by atoms with Gasteiger partial charge < -0.3 is 0 Å². The summed E-state index contributed by atoms with van der Waals surface area (Å²) in [6.07, 6.45) is 0. The molecule has 2 aromatic rings. The SMILES string of the molecule is Cc1ccc(NS(=O)(=O)c2ccc(F)s2)cc1. The van der Waals surface area contributed by atoms with Crippen LogP contribution in [-0.2, 0) is 10.0 Å². The van der Waals surface area contributed by atoms with Gasteiger partial charge in [0.25, 0.3) is 10.0 Å². The third-order valence-corrected chi connectivity index (χ3v) is 4.86. The van der Waals surface area contributed by atoms with Crippen LogP contribution in [0, 0.1) is 12.1 Å². The fourth-order valence-corrected chi connectivity index (χ4v) is 3.33. The Balaban J connectivity index is 2.26. The lowest BCUT2D eigenvalue weighted by atomic mass is 10.2. The minimum absolute atomic E-state index is 0.0319. The van der Waals surface area contributed by atoms with Crippen molar-refractivity contribution in [2.45, 2.75) is 11.1 Å². The van der Waals surface area contributed by atoms with Gasteiger partial charge in [0.1, 0.15) is 4.21 Å². The topological polar surface area (TPSA) is 46.2 Å². The van der Waals surface area contributed by atoms with Crippen molar-refractivity contribution >= 4 is 27.0 Å². The number of benzene rings is 1. The monoisotopic (exact) mass is 271 g/mol. The van der Waals surface area contributed by atoms with Crippen molar-refractivity contribution in [2.75, 3.05) is 4.72 Å². The van der Waals surface area contributed by atoms with Crippen LogP contribution >= 0.6 is 11.3 Å². The van der Waals surface area contributed by atoms with E-state index >= 15 is 0 Å². The molecule has 1 heterocycles. The molecule has 6 heteroatoms. The number of hydrogen-bond acceptors (Lipinski definition) is 3. The van der Waals surface area contributed by atoms with Gasteiger partial charge in [0.2, 0.25) is 0 Å². The van der Waals surface area contributed by atoms with Crippen LogP contribution < -0.4 is 4.72 Å². The van der Waals surface area contributed by atoms with Gasteiger partial charge in [0.15, 0.2) is 5.13 Å². The van der Waals surface area contributed by atoms with E-state index in [0.29, 0.717) is 17.0 Å². The zero-order valence-corrected chi connectivity index (χ0v) is 10.6. The Hall–Kier alpha value is -1.40. The highest BCUT2D eigenvalue weighted by Crippen LogP contribution is 2.22. The molecule has 0 saturated carbocycles. The van der Waals surface area contributed by atoms with E-state index in [-0.39, 0.29) is 4.21 Å². The van der Waals surface area contributed by atoms with Crippen LogP contribution in [0.4, 0.5) is 10.1 Å². The minimum Gasteiger partial charge on any atom is -0.279 e. The number of thiophene rings is 1. The van der Waals surface area contributed by atoms with E-state index in [2.05, 4.69) is 4.72 Å². The molecular weight excluding hydrogens is 261 g/mol. The number of anilines is 1. The number of sulfonamides is 1. The molecule has 0 saturated heterocycles. The lowest BCUT2D eigenvalue weighted by Gasteiger charge is -2.05. The summed E-state index contributed by atoms with van der Waals surface area (Å²) in [5, 5.41) is -0.519. The Morgan fingerprint density at radius 3 is 2.29 bits per heavy atom. The molecule has 0 unspecified atom stereocenters. The molecule has 0 amide bonds. The van der Waals surface area contributed by atoms with Crippen LogP contribution in [0.2, 0.25) is 0 Å². The van der Waals surface area contributed by atoms with Crippen molar-refractivity contribution in [2.24, 2.45) is 0 Å². The normalized spacial score (nSPS) is 11.4. The Labute approximate surface area is 103 Å². The molecule has 0 aliphatic heterocycles. The lowest BCUT2D eigenvalue weighted by molar-refractivity contribution is 0.603. The fraction of sp³-hybridized carbons (Fsp3) is 0.0909. The third-order valence-electron chi connectivity index (χ3n) is 2.12. The number of halogens is 1. The van der Waals surface area contributed by atoms with Crippen LogP contribution in [0.25, 0.3) is 0 Å². The average molecular weight is 271 g/mol. The maximum atomic E-state index is 12.8. The van der Waals surface area contributed by atoms with E-state index in [9.17, 15) is 12.8 Å². The molecule has 2 rings (SSSR count). The van der Waals surface area contributed by atoms with Gasteiger partial charge in [0, 0.05) is 5.69 Å².